The Kier molecular flexibility index (Phi) is 4.60. The zero-order valence-electron chi connectivity index (χ0n) is 13.1. The molecule has 0 saturated carbocycles. The Bertz CT molecular complexity index is 479. The number of rotatable bonds is 2. The molecule has 1 saturated heterocycles. The molecule has 1 aliphatic heterocycles. The fourth-order valence-corrected chi connectivity index (χ4v) is 2.40. The topological polar surface area (TPSA) is 67.6 Å². The van der Waals surface area contributed by atoms with Crippen molar-refractivity contribution in [3.63, 3.8) is 0 Å². The van der Waals surface area contributed by atoms with Crippen molar-refractivity contribution < 1.29 is 9.53 Å². The number of hydrogen-bond acceptors (Lipinski definition) is 4. The number of ether oxygens (including phenoxy) is 1. The molecule has 1 aromatic rings. The third-order valence-electron chi connectivity index (χ3n) is 3.35. The van der Waals surface area contributed by atoms with E-state index in [1.54, 1.807) is 4.90 Å². The lowest BCUT2D eigenvalue weighted by Gasteiger charge is -2.34. The van der Waals surface area contributed by atoms with E-state index in [0.717, 1.165) is 30.8 Å². The van der Waals surface area contributed by atoms with Crippen molar-refractivity contribution in [1.82, 2.24) is 4.90 Å². The van der Waals surface area contributed by atoms with E-state index in [9.17, 15) is 4.79 Å². The van der Waals surface area contributed by atoms with Gasteiger partial charge in [0.15, 0.2) is 0 Å². The van der Waals surface area contributed by atoms with Crippen molar-refractivity contribution in [1.29, 1.82) is 0 Å². The minimum Gasteiger partial charge on any atom is -0.444 e. The van der Waals surface area contributed by atoms with Crippen LogP contribution in [0.25, 0.3) is 0 Å². The number of nitrogens with zero attached hydrogens (tertiary/aromatic N) is 1. The number of carbonyl (C=O) groups is 1. The van der Waals surface area contributed by atoms with Gasteiger partial charge in [-0.15, -0.1) is 0 Å². The van der Waals surface area contributed by atoms with E-state index in [1.807, 2.05) is 45.0 Å². The number of nitrogens with two attached hydrogens (primary N) is 1. The fourth-order valence-electron chi connectivity index (χ4n) is 2.40. The van der Waals surface area contributed by atoms with Crippen LogP contribution in [0.3, 0.4) is 0 Å². The molecule has 1 aliphatic rings. The van der Waals surface area contributed by atoms with Gasteiger partial charge in [0, 0.05) is 30.5 Å². The van der Waals surface area contributed by atoms with Gasteiger partial charge in [0.2, 0.25) is 0 Å². The summed E-state index contributed by atoms with van der Waals surface area (Å²) >= 11 is 0. The summed E-state index contributed by atoms with van der Waals surface area (Å²) < 4.78 is 5.43. The first-order chi connectivity index (χ1) is 9.83. The summed E-state index contributed by atoms with van der Waals surface area (Å²) in [7, 11) is 0. The minimum atomic E-state index is -0.450. The van der Waals surface area contributed by atoms with E-state index in [1.165, 1.54) is 0 Å². The summed E-state index contributed by atoms with van der Waals surface area (Å²) in [6, 6.07) is 7.91. The normalized spacial score (nSPS) is 19.2. The van der Waals surface area contributed by atoms with E-state index in [-0.39, 0.29) is 12.1 Å². The van der Waals surface area contributed by atoms with Gasteiger partial charge in [0.1, 0.15) is 5.60 Å². The molecule has 0 spiro atoms. The summed E-state index contributed by atoms with van der Waals surface area (Å²) in [5.41, 5.74) is 7.01. The first kappa shape index (κ1) is 15.5. The molecule has 0 aromatic heterocycles. The number of hydrogen-bond donors (Lipinski definition) is 2. The molecule has 1 aromatic carbocycles. The molecule has 21 heavy (non-hydrogen) atoms. The number of amides is 1. The van der Waals surface area contributed by atoms with Crippen molar-refractivity contribution in [2.24, 2.45) is 0 Å². The number of piperidine rings is 1. The van der Waals surface area contributed by atoms with Crippen LogP contribution in [-0.4, -0.2) is 35.7 Å². The Hall–Kier alpha value is -1.91. The van der Waals surface area contributed by atoms with Crippen LogP contribution in [0.2, 0.25) is 0 Å². The van der Waals surface area contributed by atoms with Gasteiger partial charge >= 0.3 is 6.09 Å². The number of likely N-dealkylation sites (tertiary alicyclic amines) is 1. The lowest BCUT2D eigenvalue weighted by atomic mass is 10.1. The van der Waals surface area contributed by atoms with Crippen LogP contribution in [0.5, 0.6) is 0 Å². The summed E-state index contributed by atoms with van der Waals surface area (Å²) in [4.78, 5) is 13.9. The molecule has 0 aliphatic carbocycles. The van der Waals surface area contributed by atoms with E-state index >= 15 is 0 Å². The summed E-state index contributed by atoms with van der Waals surface area (Å²) in [5.74, 6) is 0. The quantitative estimate of drug-likeness (QED) is 0.822. The van der Waals surface area contributed by atoms with Crippen molar-refractivity contribution in [3.8, 4) is 0 Å². The molecule has 2 rings (SSSR count). The van der Waals surface area contributed by atoms with Gasteiger partial charge in [0.05, 0.1) is 0 Å². The van der Waals surface area contributed by atoms with Gasteiger partial charge in [-0.1, -0.05) is 0 Å². The van der Waals surface area contributed by atoms with Gasteiger partial charge in [-0.3, -0.25) is 0 Å². The van der Waals surface area contributed by atoms with Crippen molar-refractivity contribution >= 4 is 17.5 Å². The van der Waals surface area contributed by atoms with Crippen LogP contribution in [0.15, 0.2) is 24.3 Å². The molecule has 5 nitrogen and oxygen atoms in total. The second-order valence-corrected chi connectivity index (χ2v) is 6.53. The van der Waals surface area contributed by atoms with Crippen molar-refractivity contribution in [3.05, 3.63) is 24.3 Å². The van der Waals surface area contributed by atoms with E-state index in [4.69, 9.17) is 10.5 Å². The van der Waals surface area contributed by atoms with Crippen LogP contribution < -0.4 is 11.1 Å². The van der Waals surface area contributed by atoms with Gasteiger partial charge in [0.25, 0.3) is 0 Å². The highest BCUT2D eigenvalue weighted by molar-refractivity contribution is 5.68. The average molecular weight is 291 g/mol. The largest absolute Gasteiger partial charge is 0.444 e. The highest BCUT2D eigenvalue weighted by Gasteiger charge is 2.27. The second-order valence-electron chi connectivity index (χ2n) is 6.53. The maximum absolute atomic E-state index is 12.1. The maximum Gasteiger partial charge on any atom is 0.410 e. The lowest BCUT2D eigenvalue weighted by Crippen LogP contribution is -2.46. The average Bonchev–Trinajstić information content (AvgIpc) is 2.40. The van der Waals surface area contributed by atoms with Gasteiger partial charge in [-0.2, -0.15) is 0 Å². The molecular weight excluding hydrogens is 266 g/mol. The maximum atomic E-state index is 12.1. The Labute approximate surface area is 126 Å². The van der Waals surface area contributed by atoms with Gasteiger partial charge in [-0.05, 0) is 57.9 Å². The molecule has 3 N–H and O–H groups in total. The molecule has 0 bridgehead atoms. The zero-order chi connectivity index (χ0) is 15.5. The van der Waals surface area contributed by atoms with Crippen LogP contribution in [-0.2, 0) is 4.74 Å². The third-order valence-corrected chi connectivity index (χ3v) is 3.35. The van der Waals surface area contributed by atoms with Crippen molar-refractivity contribution in [2.75, 3.05) is 24.1 Å². The Morgan fingerprint density at radius 3 is 2.62 bits per heavy atom. The van der Waals surface area contributed by atoms with E-state index in [2.05, 4.69) is 5.32 Å². The summed E-state index contributed by atoms with van der Waals surface area (Å²) in [5, 5.41) is 3.45. The summed E-state index contributed by atoms with van der Waals surface area (Å²) in [6.45, 7) is 7.09. The minimum absolute atomic E-state index is 0.230. The standard InChI is InChI=1S/C16H25N3O2/c1-16(2,3)21-15(20)19-10-4-5-14(11-19)18-13-8-6-12(17)7-9-13/h6-9,14,18H,4-5,10-11,17H2,1-3H3. The molecule has 0 radical (unpaired) electrons. The van der Waals surface area contributed by atoms with Crippen LogP contribution in [0.1, 0.15) is 33.6 Å². The molecule has 1 atom stereocenters. The number of nitrogens with one attached hydrogen (secondary N) is 1. The molecular formula is C16H25N3O2. The van der Waals surface area contributed by atoms with Gasteiger partial charge in [-0.25, -0.2) is 4.79 Å². The molecule has 1 unspecified atom stereocenters. The SMILES string of the molecule is CC(C)(C)OC(=O)N1CCCC(Nc2ccc(N)cc2)C1. The molecule has 1 fully saturated rings. The molecule has 1 amide bonds. The third kappa shape index (κ3) is 4.85. The lowest BCUT2D eigenvalue weighted by molar-refractivity contribution is 0.0206. The number of benzene rings is 1. The highest BCUT2D eigenvalue weighted by Crippen LogP contribution is 2.19. The number of anilines is 2. The fraction of sp³-hybridized carbons (Fsp3) is 0.562. The molecule has 5 heteroatoms. The Balaban J connectivity index is 1.91. The van der Waals surface area contributed by atoms with Crippen LogP contribution in [0, 0.1) is 0 Å². The van der Waals surface area contributed by atoms with Crippen molar-refractivity contribution in [2.45, 2.75) is 45.3 Å². The molecule has 116 valence electrons. The molecule has 1 heterocycles. The predicted octanol–water partition coefficient (Wildman–Crippen LogP) is 3.08. The van der Waals surface area contributed by atoms with E-state index in [0.29, 0.717) is 6.54 Å². The predicted molar refractivity (Wildman–Crippen MR) is 85.3 cm³/mol. The highest BCUT2D eigenvalue weighted by atomic mass is 16.6. The van der Waals surface area contributed by atoms with E-state index < -0.39 is 5.60 Å². The summed E-state index contributed by atoms with van der Waals surface area (Å²) in [6.07, 6.45) is 1.79. The Morgan fingerprint density at radius 1 is 1.33 bits per heavy atom. The second kappa shape index (κ2) is 6.24. The van der Waals surface area contributed by atoms with Crippen LogP contribution in [0.4, 0.5) is 16.2 Å². The first-order valence-corrected chi connectivity index (χ1v) is 7.43. The van der Waals surface area contributed by atoms with Crippen LogP contribution >= 0.6 is 0 Å². The van der Waals surface area contributed by atoms with Gasteiger partial charge < -0.3 is 20.7 Å². The smallest absolute Gasteiger partial charge is 0.410 e. The first-order valence-electron chi connectivity index (χ1n) is 7.43. The monoisotopic (exact) mass is 291 g/mol. The number of nitrogen functional groups attached to an aromatic ring is 1. The number of carbonyl (C=O) groups excluding carboxylic acids is 1. The Morgan fingerprint density at radius 2 is 2.00 bits per heavy atom. The zero-order valence-corrected chi connectivity index (χ0v) is 13.1.